The third-order valence-corrected chi connectivity index (χ3v) is 7.18. The SMILES string of the molecule is COc1ccc(Cn2cc([C@H](CC(=O)Nc3ccccc3)c3ccc(Cl)c(C(F)(F)F)c3)c3ccccc32)cc1. The highest BCUT2D eigenvalue weighted by atomic mass is 35.5. The van der Waals surface area contributed by atoms with Crippen LogP contribution in [0.25, 0.3) is 10.9 Å². The molecule has 1 N–H and O–H groups in total. The number of nitrogens with one attached hydrogen (secondary N) is 1. The van der Waals surface area contributed by atoms with E-state index in [2.05, 4.69) is 9.88 Å². The van der Waals surface area contributed by atoms with Crippen LogP contribution < -0.4 is 10.1 Å². The van der Waals surface area contributed by atoms with Gasteiger partial charge in [0, 0.05) is 41.7 Å². The van der Waals surface area contributed by atoms with Crippen LogP contribution in [0.4, 0.5) is 18.9 Å². The van der Waals surface area contributed by atoms with Crippen molar-refractivity contribution in [2.45, 2.75) is 25.1 Å². The second-order valence-corrected chi connectivity index (χ2v) is 9.89. The minimum atomic E-state index is -4.63. The lowest BCUT2D eigenvalue weighted by Crippen LogP contribution is -2.17. The average Bonchev–Trinajstić information content (AvgIpc) is 3.30. The normalized spacial score (nSPS) is 12.3. The molecule has 0 saturated carbocycles. The molecule has 0 aliphatic heterocycles. The molecule has 1 amide bonds. The fourth-order valence-electron chi connectivity index (χ4n) is 4.91. The minimum Gasteiger partial charge on any atom is -0.497 e. The van der Waals surface area contributed by atoms with E-state index in [1.807, 2.05) is 60.8 Å². The second-order valence-electron chi connectivity index (χ2n) is 9.49. The lowest BCUT2D eigenvalue weighted by molar-refractivity contribution is -0.137. The summed E-state index contributed by atoms with van der Waals surface area (Å²) in [5.74, 6) is -0.231. The number of hydrogen-bond acceptors (Lipinski definition) is 2. The van der Waals surface area contributed by atoms with Crippen molar-refractivity contribution >= 4 is 34.1 Å². The highest BCUT2D eigenvalue weighted by Gasteiger charge is 2.34. The molecule has 0 radical (unpaired) electrons. The molecule has 4 nitrogen and oxygen atoms in total. The zero-order valence-electron chi connectivity index (χ0n) is 21.6. The number of nitrogens with zero attached hydrogens (tertiary/aromatic N) is 1. The number of fused-ring (bicyclic) bond motifs is 1. The number of para-hydroxylation sites is 2. The summed E-state index contributed by atoms with van der Waals surface area (Å²) < 4.78 is 48.8. The van der Waals surface area contributed by atoms with E-state index in [9.17, 15) is 18.0 Å². The van der Waals surface area contributed by atoms with Gasteiger partial charge in [0.2, 0.25) is 5.91 Å². The standard InChI is InChI=1S/C32H26ClF3N2O2/c1-40-24-14-11-21(12-15-24)19-38-20-27(25-9-5-6-10-30(25)38)26(18-31(39)37-23-7-3-2-4-8-23)22-13-16-29(33)28(17-22)32(34,35)36/h2-17,20,26H,18-19H2,1H3,(H,37,39)/t26-/m1/s1. The molecule has 4 aromatic carbocycles. The predicted octanol–water partition coefficient (Wildman–Crippen LogP) is 8.53. The van der Waals surface area contributed by atoms with Crippen molar-refractivity contribution in [3.05, 3.63) is 131 Å². The summed E-state index contributed by atoms with van der Waals surface area (Å²) in [7, 11) is 1.61. The average molecular weight is 563 g/mol. The first-order valence-electron chi connectivity index (χ1n) is 12.6. The Morgan fingerprint density at radius 3 is 2.35 bits per heavy atom. The first-order valence-corrected chi connectivity index (χ1v) is 13.0. The molecule has 5 aromatic rings. The molecule has 0 fully saturated rings. The molecule has 0 bridgehead atoms. The number of anilines is 1. The predicted molar refractivity (Wildman–Crippen MR) is 152 cm³/mol. The summed E-state index contributed by atoms with van der Waals surface area (Å²) in [5, 5.41) is 3.34. The van der Waals surface area contributed by atoms with Crippen molar-refractivity contribution in [1.29, 1.82) is 0 Å². The third-order valence-electron chi connectivity index (χ3n) is 6.85. The zero-order chi connectivity index (χ0) is 28.3. The van der Waals surface area contributed by atoms with Crippen molar-refractivity contribution in [2.75, 3.05) is 12.4 Å². The number of ether oxygens (including phenoxy) is 1. The Labute approximate surface area is 235 Å². The maximum atomic E-state index is 13.8. The van der Waals surface area contributed by atoms with Crippen LogP contribution in [0.3, 0.4) is 0 Å². The Morgan fingerprint density at radius 2 is 1.65 bits per heavy atom. The minimum absolute atomic E-state index is 0.0651. The van der Waals surface area contributed by atoms with Crippen LogP contribution in [0, 0.1) is 0 Å². The van der Waals surface area contributed by atoms with Gasteiger partial charge in [0.05, 0.1) is 17.7 Å². The maximum Gasteiger partial charge on any atom is 0.417 e. The topological polar surface area (TPSA) is 43.3 Å². The van der Waals surface area contributed by atoms with Crippen LogP contribution in [0.5, 0.6) is 5.75 Å². The molecule has 1 heterocycles. The fourth-order valence-corrected chi connectivity index (χ4v) is 5.14. The van der Waals surface area contributed by atoms with Crippen molar-refractivity contribution in [3.63, 3.8) is 0 Å². The number of carbonyl (C=O) groups is 1. The lowest BCUT2D eigenvalue weighted by Gasteiger charge is -2.19. The summed E-state index contributed by atoms with van der Waals surface area (Å²) in [4.78, 5) is 13.2. The van der Waals surface area contributed by atoms with Gasteiger partial charge in [0.1, 0.15) is 5.75 Å². The Balaban J connectivity index is 1.59. The van der Waals surface area contributed by atoms with Gasteiger partial charge in [0.25, 0.3) is 0 Å². The van der Waals surface area contributed by atoms with Crippen LogP contribution in [-0.2, 0) is 17.5 Å². The number of amides is 1. The number of halogens is 4. The largest absolute Gasteiger partial charge is 0.497 e. The number of aromatic nitrogens is 1. The summed E-state index contributed by atoms with van der Waals surface area (Å²) in [5.41, 5.74) is 2.72. The van der Waals surface area contributed by atoms with Gasteiger partial charge in [-0.3, -0.25) is 4.79 Å². The van der Waals surface area contributed by atoms with Crippen LogP contribution in [0.2, 0.25) is 5.02 Å². The molecule has 0 aliphatic carbocycles. The highest BCUT2D eigenvalue weighted by Crippen LogP contribution is 2.40. The molecule has 5 rings (SSSR count). The van der Waals surface area contributed by atoms with E-state index >= 15 is 0 Å². The van der Waals surface area contributed by atoms with Crippen LogP contribution in [0.15, 0.2) is 103 Å². The monoisotopic (exact) mass is 562 g/mol. The molecular weight excluding hydrogens is 537 g/mol. The number of benzene rings is 4. The number of carbonyl (C=O) groups excluding carboxylic acids is 1. The van der Waals surface area contributed by atoms with Gasteiger partial charge in [-0.25, -0.2) is 0 Å². The number of hydrogen-bond donors (Lipinski definition) is 1. The zero-order valence-corrected chi connectivity index (χ0v) is 22.3. The van der Waals surface area contributed by atoms with E-state index in [-0.39, 0.29) is 17.4 Å². The van der Waals surface area contributed by atoms with Crippen molar-refractivity contribution < 1.29 is 22.7 Å². The van der Waals surface area contributed by atoms with Gasteiger partial charge >= 0.3 is 6.18 Å². The van der Waals surface area contributed by atoms with E-state index in [4.69, 9.17) is 16.3 Å². The van der Waals surface area contributed by atoms with E-state index in [0.717, 1.165) is 33.8 Å². The molecule has 1 atom stereocenters. The smallest absolute Gasteiger partial charge is 0.417 e. The first kappa shape index (κ1) is 27.3. The van der Waals surface area contributed by atoms with Crippen molar-refractivity contribution in [2.24, 2.45) is 0 Å². The molecule has 0 aliphatic rings. The molecule has 0 spiro atoms. The molecule has 8 heteroatoms. The molecule has 0 unspecified atom stereocenters. The van der Waals surface area contributed by atoms with Gasteiger partial charge < -0.3 is 14.6 Å². The Kier molecular flexibility index (Phi) is 7.85. The molecule has 204 valence electrons. The Morgan fingerprint density at radius 1 is 0.950 bits per heavy atom. The fraction of sp³-hybridized carbons (Fsp3) is 0.156. The lowest BCUT2D eigenvalue weighted by atomic mass is 9.87. The summed E-state index contributed by atoms with van der Waals surface area (Å²) >= 11 is 5.94. The van der Waals surface area contributed by atoms with Gasteiger partial charge in [-0.1, -0.05) is 66.2 Å². The Hall–Kier alpha value is -4.23. The van der Waals surface area contributed by atoms with Crippen molar-refractivity contribution in [1.82, 2.24) is 4.57 Å². The summed E-state index contributed by atoms with van der Waals surface area (Å²) in [6, 6.07) is 28.2. The molecule has 0 saturated heterocycles. The van der Waals surface area contributed by atoms with Gasteiger partial charge in [-0.15, -0.1) is 0 Å². The number of rotatable bonds is 8. The van der Waals surface area contributed by atoms with E-state index in [0.29, 0.717) is 17.8 Å². The third kappa shape index (κ3) is 6.00. The quantitative estimate of drug-likeness (QED) is 0.206. The molecule has 40 heavy (non-hydrogen) atoms. The van der Waals surface area contributed by atoms with E-state index < -0.39 is 17.7 Å². The van der Waals surface area contributed by atoms with Crippen LogP contribution in [0.1, 0.15) is 34.6 Å². The summed E-state index contributed by atoms with van der Waals surface area (Å²) in [6.07, 6.45) is -2.77. The first-order chi connectivity index (χ1) is 19.2. The highest BCUT2D eigenvalue weighted by molar-refractivity contribution is 6.31. The van der Waals surface area contributed by atoms with Crippen LogP contribution >= 0.6 is 11.6 Å². The van der Waals surface area contributed by atoms with Gasteiger partial charge in [-0.2, -0.15) is 13.2 Å². The number of alkyl halides is 3. The maximum absolute atomic E-state index is 13.8. The van der Waals surface area contributed by atoms with Gasteiger partial charge in [-0.05, 0) is 59.2 Å². The number of methoxy groups -OCH3 is 1. The molecule has 1 aromatic heterocycles. The Bertz CT molecular complexity index is 1630. The second kappa shape index (κ2) is 11.5. The van der Waals surface area contributed by atoms with Crippen LogP contribution in [-0.4, -0.2) is 17.6 Å². The van der Waals surface area contributed by atoms with E-state index in [1.54, 1.807) is 37.4 Å². The van der Waals surface area contributed by atoms with Crippen molar-refractivity contribution in [3.8, 4) is 5.75 Å². The summed E-state index contributed by atoms with van der Waals surface area (Å²) in [6.45, 7) is 0.530. The van der Waals surface area contributed by atoms with E-state index in [1.165, 1.54) is 6.07 Å². The van der Waals surface area contributed by atoms with Gasteiger partial charge in [0.15, 0.2) is 0 Å². The molecular formula is C32H26ClF3N2O2.